The average Bonchev–Trinajstić information content (AvgIpc) is 3.22. The standard InChI is InChI=1S/C27H23FN2O3/c1-2-4-21(15-27(31)32)20-9-13-24(14-10-20)33-18-22-5-3-6-26-25(22)17-30(29-26)16-19-7-11-23(28)12-8-19/h3,5-14,17,21H,15-16,18H2,1H3,(H,31,32). The van der Waals surface area contributed by atoms with E-state index in [1.165, 1.54) is 12.1 Å². The number of aliphatic carboxylic acids is 1. The lowest BCUT2D eigenvalue weighted by molar-refractivity contribution is -0.137. The fourth-order valence-corrected chi connectivity index (χ4v) is 3.69. The Balaban J connectivity index is 1.46. The number of rotatable bonds is 8. The molecule has 0 fully saturated rings. The van der Waals surface area contributed by atoms with Crippen LogP contribution in [0.4, 0.5) is 4.39 Å². The summed E-state index contributed by atoms with van der Waals surface area (Å²) in [7, 11) is 0. The normalized spacial score (nSPS) is 11.6. The molecule has 166 valence electrons. The van der Waals surface area contributed by atoms with Gasteiger partial charge in [0.1, 0.15) is 18.2 Å². The average molecular weight is 442 g/mol. The smallest absolute Gasteiger partial charge is 0.304 e. The quantitative estimate of drug-likeness (QED) is 0.372. The SMILES string of the molecule is CC#CC(CC(=O)O)c1ccc(OCc2cccc3nn(Cc4ccc(F)cc4)cc23)cc1. The summed E-state index contributed by atoms with van der Waals surface area (Å²) >= 11 is 0. The molecule has 0 saturated carbocycles. The highest BCUT2D eigenvalue weighted by molar-refractivity contribution is 5.81. The van der Waals surface area contributed by atoms with E-state index >= 15 is 0 Å². The van der Waals surface area contributed by atoms with Crippen molar-refractivity contribution >= 4 is 16.9 Å². The molecule has 0 aliphatic carbocycles. The van der Waals surface area contributed by atoms with Crippen molar-refractivity contribution in [1.29, 1.82) is 0 Å². The molecule has 1 unspecified atom stereocenters. The Bertz CT molecular complexity index is 1320. The van der Waals surface area contributed by atoms with Crippen LogP contribution >= 0.6 is 0 Å². The van der Waals surface area contributed by atoms with Crippen LogP contribution in [-0.2, 0) is 17.9 Å². The molecular formula is C27H23FN2O3. The molecule has 33 heavy (non-hydrogen) atoms. The van der Waals surface area contributed by atoms with Crippen molar-refractivity contribution in [3.8, 4) is 17.6 Å². The molecule has 1 aromatic heterocycles. The minimum Gasteiger partial charge on any atom is -0.489 e. The highest BCUT2D eigenvalue weighted by Crippen LogP contribution is 2.24. The van der Waals surface area contributed by atoms with Gasteiger partial charge in [0.15, 0.2) is 0 Å². The number of ether oxygens (including phenoxy) is 1. The predicted molar refractivity (Wildman–Crippen MR) is 124 cm³/mol. The topological polar surface area (TPSA) is 64.3 Å². The van der Waals surface area contributed by atoms with Gasteiger partial charge in [0, 0.05) is 17.1 Å². The Morgan fingerprint density at radius 1 is 1.12 bits per heavy atom. The first-order valence-corrected chi connectivity index (χ1v) is 10.6. The van der Waals surface area contributed by atoms with Gasteiger partial charge in [0.2, 0.25) is 0 Å². The lowest BCUT2D eigenvalue weighted by Crippen LogP contribution is -2.04. The number of carboxylic acid groups (broad SMARTS) is 1. The van der Waals surface area contributed by atoms with Crippen LogP contribution < -0.4 is 4.74 Å². The summed E-state index contributed by atoms with van der Waals surface area (Å²) in [6, 6.07) is 19.7. The third-order valence-corrected chi connectivity index (χ3v) is 5.32. The number of nitrogens with zero attached hydrogens (tertiary/aromatic N) is 2. The van der Waals surface area contributed by atoms with Crippen LogP contribution in [0.3, 0.4) is 0 Å². The van der Waals surface area contributed by atoms with Crippen LogP contribution in [0.1, 0.15) is 36.0 Å². The molecule has 4 aromatic rings. The van der Waals surface area contributed by atoms with Crippen molar-refractivity contribution < 1.29 is 19.0 Å². The minimum atomic E-state index is -0.879. The van der Waals surface area contributed by atoms with Crippen LogP contribution in [0, 0.1) is 17.7 Å². The third-order valence-electron chi connectivity index (χ3n) is 5.32. The minimum absolute atomic E-state index is 0.0368. The molecule has 3 aromatic carbocycles. The Morgan fingerprint density at radius 3 is 2.58 bits per heavy atom. The first kappa shape index (κ1) is 22.1. The molecule has 0 saturated heterocycles. The number of benzene rings is 3. The molecule has 0 radical (unpaired) electrons. The number of aromatic nitrogens is 2. The Labute approximate surface area is 191 Å². The number of fused-ring (bicyclic) bond motifs is 1. The molecule has 1 atom stereocenters. The van der Waals surface area contributed by atoms with E-state index in [4.69, 9.17) is 9.84 Å². The summed E-state index contributed by atoms with van der Waals surface area (Å²) in [5.41, 5.74) is 3.69. The van der Waals surface area contributed by atoms with Gasteiger partial charge in [-0.2, -0.15) is 5.10 Å². The lowest BCUT2D eigenvalue weighted by Gasteiger charge is -2.11. The number of hydrogen-bond acceptors (Lipinski definition) is 3. The monoisotopic (exact) mass is 442 g/mol. The van der Waals surface area contributed by atoms with E-state index < -0.39 is 5.97 Å². The van der Waals surface area contributed by atoms with Gasteiger partial charge in [-0.1, -0.05) is 42.3 Å². The van der Waals surface area contributed by atoms with Gasteiger partial charge >= 0.3 is 5.97 Å². The fourth-order valence-electron chi connectivity index (χ4n) is 3.69. The second-order valence-electron chi connectivity index (χ2n) is 7.71. The van der Waals surface area contributed by atoms with Crippen LogP contribution in [-0.4, -0.2) is 20.9 Å². The summed E-state index contributed by atoms with van der Waals surface area (Å²) < 4.78 is 21.0. The predicted octanol–water partition coefficient (Wildman–Crippen LogP) is 5.38. The number of carboxylic acids is 1. The van der Waals surface area contributed by atoms with Crippen molar-refractivity contribution in [2.45, 2.75) is 32.4 Å². The number of hydrogen-bond donors (Lipinski definition) is 1. The second kappa shape index (κ2) is 10.0. The number of carbonyl (C=O) groups is 1. The summed E-state index contributed by atoms with van der Waals surface area (Å²) in [5, 5.41) is 14.7. The molecule has 0 aliphatic heterocycles. The van der Waals surface area contributed by atoms with Gasteiger partial charge in [0.25, 0.3) is 0 Å². The molecule has 0 spiro atoms. The van der Waals surface area contributed by atoms with Gasteiger partial charge in [-0.15, -0.1) is 5.92 Å². The zero-order chi connectivity index (χ0) is 23.2. The first-order valence-electron chi connectivity index (χ1n) is 10.6. The van der Waals surface area contributed by atoms with E-state index in [0.29, 0.717) is 18.9 Å². The van der Waals surface area contributed by atoms with Gasteiger partial charge in [-0.05, 0) is 48.4 Å². The molecule has 5 nitrogen and oxygen atoms in total. The Morgan fingerprint density at radius 2 is 1.88 bits per heavy atom. The largest absolute Gasteiger partial charge is 0.489 e. The van der Waals surface area contributed by atoms with Gasteiger partial charge in [0.05, 0.1) is 24.4 Å². The van der Waals surface area contributed by atoms with E-state index in [-0.39, 0.29) is 18.2 Å². The Kier molecular flexibility index (Phi) is 6.70. The van der Waals surface area contributed by atoms with Crippen LogP contribution in [0.5, 0.6) is 5.75 Å². The summed E-state index contributed by atoms with van der Waals surface area (Å²) in [6.07, 6.45) is 1.94. The van der Waals surface area contributed by atoms with Gasteiger partial charge < -0.3 is 9.84 Å². The van der Waals surface area contributed by atoms with Crippen molar-refractivity contribution in [2.75, 3.05) is 0 Å². The zero-order valence-corrected chi connectivity index (χ0v) is 18.2. The van der Waals surface area contributed by atoms with E-state index in [2.05, 4.69) is 16.9 Å². The zero-order valence-electron chi connectivity index (χ0n) is 18.2. The molecule has 4 rings (SSSR count). The maximum Gasteiger partial charge on any atom is 0.304 e. The summed E-state index contributed by atoms with van der Waals surface area (Å²) in [5.74, 6) is 4.96. The molecule has 6 heteroatoms. The molecule has 1 N–H and O–H groups in total. The second-order valence-corrected chi connectivity index (χ2v) is 7.71. The summed E-state index contributed by atoms with van der Waals surface area (Å²) in [4.78, 5) is 11.1. The highest BCUT2D eigenvalue weighted by Gasteiger charge is 2.13. The van der Waals surface area contributed by atoms with Gasteiger partial charge in [-0.25, -0.2) is 4.39 Å². The Hall–Kier alpha value is -4.11. The molecule has 1 heterocycles. The van der Waals surface area contributed by atoms with E-state index in [1.54, 1.807) is 19.1 Å². The van der Waals surface area contributed by atoms with Crippen molar-refractivity contribution in [1.82, 2.24) is 9.78 Å². The van der Waals surface area contributed by atoms with Crippen LogP contribution in [0.15, 0.2) is 72.9 Å². The molecule has 0 bridgehead atoms. The maximum atomic E-state index is 13.2. The molecular weight excluding hydrogens is 419 g/mol. The van der Waals surface area contributed by atoms with E-state index in [1.807, 2.05) is 53.3 Å². The number of halogens is 1. The van der Waals surface area contributed by atoms with Gasteiger partial charge in [-0.3, -0.25) is 9.48 Å². The molecule has 0 aliphatic rings. The van der Waals surface area contributed by atoms with Crippen LogP contribution in [0.2, 0.25) is 0 Å². The van der Waals surface area contributed by atoms with E-state index in [9.17, 15) is 9.18 Å². The third kappa shape index (κ3) is 5.58. The van der Waals surface area contributed by atoms with Crippen LogP contribution in [0.25, 0.3) is 10.9 Å². The van der Waals surface area contributed by atoms with Crippen molar-refractivity contribution in [2.24, 2.45) is 0 Å². The fraction of sp³-hybridized carbons (Fsp3) is 0.185. The first-order chi connectivity index (χ1) is 16.0. The lowest BCUT2D eigenvalue weighted by atomic mass is 9.96. The highest BCUT2D eigenvalue weighted by atomic mass is 19.1. The van der Waals surface area contributed by atoms with Crippen molar-refractivity contribution in [3.05, 3.63) is 95.4 Å². The summed E-state index contributed by atoms with van der Waals surface area (Å²) in [6.45, 7) is 2.62. The molecule has 0 amide bonds. The van der Waals surface area contributed by atoms with E-state index in [0.717, 1.165) is 27.6 Å². The maximum absolute atomic E-state index is 13.2. The van der Waals surface area contributed by atoms with Crippen molar-refractivity contribution in [3.63, 3.8) is 0 Å².